The molecule has 0 unspecified atom stereocenters. The Morgan fingerprint density at radius 3 is 2.79 bits per heavy atom. The smallest absolute Gasteiger partial charge is 0.317 e. The van der Waals surface area contributed by atoms with Gasteiger partial charge in [-0.05, 0) is 44.4 Å². The number of ether oxygens (including phenoxy) is 1. The quantitative estimate of drug-likeness (QED) is 0.821. The normalized spacial score (nSPS) is 14.9. The number of benzene rings is 1. The molecule has 1 aliphatic carbocycles. The van der Waals surface area contributed by atoms with Crippen molar-refractivity contribution < 1.29 is 14.6 Å². The van der Waals surface area contributed by atoms with Crippen LogP contribution in [0.15, 0.2) is 24.3 Å². The average Bonchev–Trinajstić information content (AvgIpc) is 3.10. The lowest BCUT2D eigenvalue weighted by Crippen LogP contribution is -2.31. The monoisotopic (exact) mass is 263 g/mol. The van der Waals surface area contributed by atoms with Crippen molar-refractivity contribution >= 4 is 5.97 Å². The summed E-state index contributed by atoms with van der Waals surface area (Å²) in [7, 11) is 0. The fourth-order valence-electron chi connectivity index (χ4n) is 2.15. The van der Waals surface area contributed by atoms with E-state index in [1.807, 2.05) is 43.0 Å². The van der Waals surface area contributed by atoms with Gasteiger partial charge in [0.1, 0.15) is 5.75 Å². The summed E-state index contributed by atoms with van der Waals surface area (Å²) < 4.78 is 5.66. The fraction of sp³-hybridized carbons (Fsp3) is 0.533. The molecule has 2 rings (SSSR count). The molecule has 0 atom stereocenters. The van der Waals surface area contributed by atoms with Gasteiger partial charge in [0.15, 0.2) is 0 Å². The fourth-order valence-corrected chi connectivity index (χ4v) is 2.15. The highest BCUT2D eigenvalue weighted by Gasteiger charge is 2.30. The average molecular weight is 263 g/mol. The Bertz CT molecular complexity index is 441. The molecule has 1 aliphatic rings. The van der Waals surface area contributed by atoms with Gasteiger partial charge in [0, 0.05) is 12.6 Å². The SMILES string of the molecule is CC(C)Oc1cccc(CN(CC(=O)O)C2CC2)c1. The summed E-state index contributed by atoms with van der Waals surface area (Å²) in [5.74, 6) is 0.0834. The minimum atomic E-state index is -0.763. The Morgan fingerprint density at radius 2 is 2.21 bits per heavy atom. The number of hydrogen-bond donors (Lipinski definition) is 1. The number of aliphatic carboxylic acids is 1. The van der Waals surface area contributed by atoms with Gasteiger partial charge in [-0.3, -0.25) is 9.69 Å². The second kappa shape index (κ2) is 6.06. The van der Waals surface area contributed by atoms with Crippen LogP contribution in [0.2, 0.25) is 0 Å². The molecule has 1 aromatic carbocycles. The van der Waals surface area contributed by atoms with Crippen LogP contribution in [-0.2, 0) is 11.3 Å². The van der Waals surface area contributed by atoms with E-state index in [2.05, 4.69) is 0 Å². The molecule has 4 nitrogen and oxygen atoms in total. The van der Waals surface area contributed by atoms with Crippen molar-refractivity contribution in [2.45, 2.75) is 45.4 Å². The highest BCUT2D eigenvalue weighted by molar-refractivity contribution is 5.69. The summed E-state index contributed by atoms with van der Waals surface area (Å²) in [5, 5.41) is 8.95. The van der Waals surface area contributed by atoms with Crippen molar-refractivity contribution in [2.75, 3.05) is 6.54 Å². The zero-order valence-corrected chi connectivity index (χ0v) is 11.5. The standard InChI is InChI=1S/C15H21NO3/c1-11(2)19-14-5-3-4-12(8-14)9-16(10-15(17)18)13-6-7-13/h3-5,8,11,13H,6-7,9-10H2,1-2H3,(H,17,18). The lowest BCUT2D eigenvalue weighted by molar-refractivity contribution is -0.138. The second-order valence-electron chi connectivity index (χ2n) is 5.34. The molecule has 4 heteroatoms. The zero-order chi connectivity index (χ0) is 13.8. The summed E-state index contributed by atoms with van der Waals surface area (Å²) >= 11 is 0. The van der Waals surface area contributed by atoms with Crippen molar-refractivity contribution in [1.82, 2.24) is 4.90 Å². The summed E-state index contributed by atoms with van der Waals surface area (Å²) in [4.78, 5) is 12.9. The molecule has 1 N–H and O–H groups in total. The molecule has 0 spiro atoms. The molecule has 19 heavy (non-hydrogen) atoms. The summed E-state index contributed by atoms with van der Waals surface area (Å²) in [6, 6.07) is 8.34. The van der Waals surface area contributed by atoms with Crippen LogP contribution in [0.5, 0.6) is 5.75 Å². The topological polar surface area (TPSA) is 49.8 Å². The first-order valence-corrected chi connectivity index (χ1v) is 6.76. The summed E-state index contributed by atoms with van der Waals surface area (Å²) in [6.07, 6.45) is 2.36. The van der Waals surface area contributed by atoms with E-state index < -0.39 is 5.97 Å². The molecule has 0 bridgehead atoms. The zero-order valence-electron chi connectivity index (χ0n) is 11.5. The van der Waals surface area contributed by atoms with Crippen molar-refractivity contribution in [1.29, 1.82) is 0 Å². The molecule has 0 saturated heterocycles. The van der Waals surface area contributed by atoms with Crippen molar-refractivity contribution in [3.63, 3.8) is 0 Å². The van der Waals surface area contributed by atoms with Crippen LogP contribution >= 0.6 is 0 Å². The molecular formula is C15H21NO3. The molecule has 104 valence electrons. The lowest BCUT2D eigenvalue weighted by atomic mass is 10.2. The molecule has 0 aliphatic heterocycles. The maximum Gasteiger partial charge on any atom is 0.317 e. The third-order valence-corrected chi connectivity index (χ3v) is 3.06. The number of carboxylic acid groups (broad SMARTS) is 1. The second-order valence-corrected chi connectivity index (χ2v) is 5.34. The van der Waals surface area contributed by atoms with E-state index in [1.54, 1.807) is 0 Å². The van der Waals surface area contributed by atoms with Gasteiger partial charge in [0.05, 0.1) is 12.6 Å². The van der Waals surface area contributed by atoms with Crippen molar-refractivity contribution in [3.8, 4) is 5.75 Å². The Morgan fingerprint density at radius 1 is 1.47 bits per heavy atom. The van der Waals surface area contributed by atoms with E-state index in [9.17, 15) is 4.79 Å². The van der Waals surface area contributed by atoms with Crippen LogP contribution in [0.25, 0.3) is 0 Å². The third kappa shape index (κ3) is 4.56. The van der Waals surface area contributed by atoms with Crippen LogP contribution in [0.1, 0.15) is 32.3 Å². The first-order chi connectivity index (χ1) is 9.04. The number of nitrogens with zero attached hydrogens (tertiary/aromatic N) is 1. The van der Waals surface area contributed by atoms with Crippen LogP contribution in [0.4, 0.5) is 0 Å². The van der Waals surface area contributed by atoms with Crippen LogP contribution in [0, 0.1) is 0 Å². The number of carbonyl (C=O) groups is 1. The van der Waals surface area contributed by atoms with Crippen molar-refractivity contribution in [3.05, 3.63) is 29.8 Å². The minimum absolute atomic E-state index is 0.111. The van der Waals surface area contributed by atoms with E-state index in [4.69, 9.17) is 9.84 Å². The number of hydrogen-bond acceptors (Lipinski definition) is 3. The van der Waals surface area contributed by atoms with Gasteiger partial charge in [0.2, 0.25) is 0 Å². The summed E-state index contributed by atoms with van der Waals surface area (Å²) in [6.45, 7) is 4.77. The van der Waals surface area contributed by atoms with E-state index in [0.717, 1.165) is 24.2 Å². The van der Waals surface area contributed by atoms with Gasteiger partial charge >= 0.3 is 5.97 Å². The molecule has 1 fully saturated rings. The van der Waals surface area contributed by atoms with Crippen molar-refractivity contribution in [2.24, 2.45) is 0 Å². The predicted octanol–water partition coefficient (Wildman–Crippen LogP) is 2.52. The first-order valence-electron chi connectivity index (χ1n) is 6.76. The minimum Gasteiger partial charge on any atom is -0.491 e. The van der Waals surface area contributed by atoms with Gasteiger partial charge < -0.3 is 9.84 Å². The van der Waals surface area contributed by atoms with Gasteiger partial charge in [-0.15, -0.1) is 0 Å². The van der Waals surface area contributed by atoms with Crippen LogP contribution in [0.3, 0.4) is 0 Å². The van der Waals surface area contributed by atoms with Gasteiger partial charge in [-0.1, -0.05) is 12.1 Å². The highest BCUT2D eigenvalue weighted by atomic mass is 16.5. The maximum absolute atomic E-state index is 10.9. The largest absolute Gasteiger partial charge is 0.491 e. The van der Waals surface area contributed by atoms with Gasteiger partial charge in [-0.2, -0.15) is 0 Å². The molecule has 1 aromatic rings. The lowest BCUT2D eigenvalue weighted by Gasteiger charge is -2.20. The Balaban J connectivity index is 2.01. The molecule has 0 aromatic heterocycles. The Labute approximate surface area is 114 Å². The number of carboxylic acids is 1. The van der Waals surface area contributed by atoms with Crippen LogP contribution in [-0.4, -0.2) is 34.7 Å². The predicted molar refractivity (Wildman–Crippen MR) is 73.3 cm³/mol. The van der Waals surface area contributed by atoms with Crippen LogP contribution < -0.4 is 4.74 Å². The molecule has 0 heterocycles. The van der Waals surface area contributed by atoms with Gasteiger partial charge in [-0.25, -0.2) is 0 Å². The molecule has 0 amide bonds. The van der Waals surface area contributed by atoms with E-state index >= 15 is 0 Å². The molecule has 0 radical (unpaired) electrons. The molecular weight excluding hydrogens is 242 g/mol. The third-order valence-electron chi connectivity index (χ3n) is 3.06. The Kier molecular flexibility index (Phi) is 4.43. The van der Waals surface area contributed by atoms with E-state index in [-0.39, 0.29) is 12.6 Å². The van der Waals surface area contributed by atoms with Gasteiger partial charge in [0.25, 0.3) is 0 Å². The maximum atomic E-state index is 10.9. The van der Waals surface area contributed by atoms with E-state index in [0.29, 0.717) is 12.6 Å². The van der Waals surface area contributed by atoms with E-state index in [1.165, 1.54) is 0 Å². The summed E-state index contributed by atoms with van der Waals surface area (Å²) in [5.41, 5.74) is 1.10. The first kappa shape index (κ1) is 13.9. The molecule has 1 saturated carbocycles. The Hall–Kier alpha value is -1.55. The highest BCUT2D eigenvalue weighted by Crippen LogP contribution is 2.28. The number of rotatable bonds is 7.